The van der Waals surface area contributed by atoms with E-state index in [4.69, 9.17) is 11.6 Å². The highest BCUT2D eigenvalue weighted by Gasteiger charge is 2.45. The number of aliphatic hydroxyl groups is 1. The molecule has 3 aliphatic carbocycles. The predicted molar refractivity (Wildman–Crippen MR) is 74.6 cm³/mol. The van der Waals surface area contributed by atoms with Crippen LogP contribution in [0.4, 0.5) is 0 Å². The Morgan fingerprint density at radius 3 is 2.22 bits per heavy atom. The van der Waals surface area contributed by atoms with Crippen LogP contribution in [0.2, 0.25) is 5.02 Å². The lowest BCUT2D eigenvalue weighted by Crippen LogP contribution is -2.43. The molecule has 18 heavy (non-hydrogen) atoms. The number of rotatable bonds is 2. The van der Waals surface area contributed by atoms with Gasteiger partial charge in [-0.15, -0.1) is 0 Å². The molecule has 4 rings (SSSR count). The molecule has 2 bridgehead atoms. The molecular weight excluding hydrogens is 244 g/mol. The molecule has 1 aromatic rings. The molecular formula is C16H21ClO. The molecule has 1 aromatic carbocycles. The van der Waals surface area contributed by atoms with Gasteiger partial charge in [-0.2, -0.15) is 0 Å². The van der Waals surface area contributed by atoms with E-state index in [9.17, 15) is 5.11 Å². The zero-order valence-corrected chi connectivity index (χ0v) is 11.7. The summed E-state index contributed by atoms with van der Waals surface area (Å²) in [6, 6.07) is 7.72. The molecule has 2 heteroatoms. The van der Waals surface area contributed by atoms with Crippen LogP contribution in [0.3, 0.4) is 0 Å². The maximum absolute atomic E-state index is 11.0. The first kappa shape index (κ1) is 12.5. The van der Waals surface area contributed by atoms with E-state index in [0.717, 1.165) is 16.5 Å². The molecule has 3 saturated carbocycles. The Balaban J connectivity index is 1.87. The van der Waals surface area contributed by atoms with Gasteiger partial charge in [0.1, 0.15) is 0 Å². The minimum absolute atomic E-state index is 0.422. The molecule has 0 saturated heterocycles. The Morgan fingerprint density at radius 2 is 1.72 bits per heavy atom. The summed E-state index contributed by atoms with van der Waals surface area (Å²) < 4.78 is 0. The van der Waals surface area contributed by atoms with Crippen molar-refractivity contribution in [3.63, 3.8) is 0 Å². The summed E-state index contributed by atoms with van der Waals surface area (Å²) in [4.78, 5) is 0. The van der Waals surface area contributed by atoms with E-state index < -0.39 is 5.60 Å². The van der Waals surface area contributed by atoms with Crippen molar-refractivity contribution in [2.75, 3.05) is 0 Å². The third-order valence-corrected chi connectivity index (χ3v) is 5.45. The second-order valence-corrected chi connectivity index (χ2v) is 6.71. The van der Waals surface area contributed by atoms with Crippen LogP contribution in [0.15, 0.2) is 24.3 Å². The average Bonchev–Trinajstić information content (AvgIpc) is 2.40. The van der Waals surface area contributed by atoms with Crippen molar-refractivity contribution in [2.24, 2.45) is 17.8 Å². The van der Waals surface area contributed by atoms with Crippen molar-refractivity contribution >= 4 is 11.6 Å². The van der Waals surface area contributed by atoms with Crippen LogP contribution in [0.1, 0.15) is 44.6 Å². The van der Waals surface area contributed by atoms with Gasteiger partial charge >= 0.3 is 0 Å². The highest BCUT2D eigenvalue weighted by molar-refractivity contribution is 6.30. The molecule has 1 N–H and O–H groups in total. The molecule has 0 heterocycles. The fourth-order valence-electron chi connectivity index (χ4n) is 4.07. The van der Waals surface area contributed by atoms with Gasteiger partial charge < -0.3 is 5.11 Å². The maximum atomic E-state index is 11.0. The molecule has 3 aliphatic rings. The van der Waals surface area contributed by atoms with Crippen LogP contribution >= 0.6 is 11.6 Å². The number of halogens is 1. The Labute approximate surface area is 114 Å². The molecule has 98 valence electrons. The standard InChI is InChI=1S/C16H21ClO/c1-16(18,13-6-8-14(17)9-7-13)15-10-11-2-4-12(15)5-3-11/h6-9,11-12,15,18H,2-5,10H2,1H3/t11?,12?,15-,16+/m1/s1. The number of hydrogen-bond donors (Lipinski definition) is 1. The fourth-order valence-corrected chi connectivity index (χ4v) is 4.19. The Hall–Kier alpha value is -0.530. The van der Waals surface area contributed by atoms with Crippen LogP contribution in [0.25, 0.3) is 0 Å². The highest BCUT2D eigenvalue weighted by atomic mass is 35.5. The largest absolute Gasteiger partial charge is 0.385 e. The zero-order valence-electron chi connectivity index (χ0n) is 10.9. The van der Waals surface area contributed by atoms with Crippen LogP contribution < -0.4 is 0 Å². The second kappa shape index (κ2) is 4.54. The van der Waals surface area contributed by atoms with Crippen LogP contribution in [0, 0.1) is 17.8 Å². The first-order valence-electron chi connectivity index (χ1n) is 7.06. The molecule has 3 fully saturated rings. The summed E-state index contributed by atoms with van der Waals surface area (Å²) in [7, 11) is 0. The lowest BCUT2D eigenvalue weighted by atomic mass is 9.59. The molecule has 0 spiro atoms. The predicted octanol–water partition coefficient (Wildman–Crippen LogP) is 4.37. The van der Waals surface area contributed by atoms with E-state index in [-0.39, 0.29) is 0 Å². The number of benzene rings is 1. The summed E-state index contributed by atoms with van der Waals surface area (Å²) >= 11 is 5.93. The SMILES string of the molecule is C[C@](O)(c1ccc(Cl)cc1)[C@@H]1CC2CCC1CC2. The van der Waals surface area contributed by atoms with E-state index in [0.29, 0.717) is 11.8 Å². The maximum Gasteiger partial charge on any atom is 0.0899 e. The molecule has 1 nitrogen and oxygen atoms in total. The average molecular weight is 265 g/mol. The van der Waals surface area contributed by atoms with E-state index >= 15 is 0 Å². The third kappa shape index (κ3) is 2.08. The quantitative estimate of drug-likeness (QED) is 0.841. The van der Waals surface area contributed by atoms with Gasteiger partial charge in [-0.05, 0) is 61.6 Å². The fraction of sp³-hybridized carbons (Fsp3) is 0.625. The zero-order chi connectivity index (χ0) is 12.8. The van der Waals surface area contributed by atoms with Crippen LogP contribution in [0.5, 0.6) is 0 Å². The van der Waals surface area contributed by atoms with Crippen molar-refractivity contribution in [2.45, 2.75) is 44.6 Å². The van der Waals surface area contributed by atoms with Crippen LogP contribution in [-0.4, -0.2) is 5.11 Å². The van der Waals surface area contributed by atoms with Gasteiger partial charge in [-0.3, -0.25) is 0 Å². The third-order valence-electron chi connectivity index (χ3n) is 5.20. The Kier molecular flexibility index (Phi) is 3.15. The normalized spacial score (nSPS) is 34.3. The topological polar surface area (TPSA) is 20.2 Å². The van der Waals surface area contributed by atoms with Gasteiger partial charge in [0.05, 0.1) is 5.60 Å². The summed E-state index contributed by atoms with van der Waals surface area (Å²) in [6.07, 6.45) is 6.55. The van der Waals surface area contributed by atoms with Crippen molar-refractivity contribution in [1.82, 2.24) is 0 Å². The van der Waals surface area contributed by atoms with Crippen LogP contribution in [-0.2, 0) is 5.60 Å². The van der Waals surface area contributed by atoms with Gasteiger partial charge in [0.15, 0.2) is 0 Å². The summed E-state index contributed by atoms with van der Waals surface area (Å²) in [5, 5.41) is 11.7. The second-order valence-electron chi connectivity index (χ2n) is 6.28. The molecule has 2 atom stereocenters. The van der Waals surface area contributed by atoms with E-state index in [1.54, 1.807) is 0 Å². The Bertz CT molecular complexity index is 415. The molecule has 0 amide bonds. The molecule has 0 unspecified atom stereocenters. The van der Waals surface area contributed by atoms with Gasteiger partial charge in [-0.1, -0.05) is 36.6 Å². The number of hydrogen-bond acceptors (Lipinski definition) is 1. The van der Waals surface area contributed by atoms with Gasteiger partial charge in [0.25, 0.3) is 0 Å². The minimum atomic E-state index is -0.700. The monoisotopic (exact) mass is 264 g/mol. The van der Waals surface area contributed by atoms with E-state index in [1.165, 1.54) is 32.1 Å². The van der Waals surface area contributed by atoms with E-state index in [1.807, 2.05) is 31.2 Å². The van der Waals surface area contributed by atoms with Gasteiger partial charge in [0.2, 0.25) is 0 Å². The molecule has 0 aliphatic heterocycles. The minimum Gasteiger partial charge on any atom is -0.385 e. The van der Waals surface area contributed by atoms with Crippen molar-refractivity contribution in [1.29, 1.82) is 0 Å². The van der Waals surface area contributed by atoms with Gasteiger partial charge in [-0.25, -0.2) is 0 Å². The summed E-state index contributed by atoms with van der Waals surface area (Å²) in [5.41, 5.74) is 0.318. The van der Waals surface area contributed by atoms with Crippen molar-refractivity contribution < 1.29 is 5.11 Å². The molecule has 0 radical (unpaired) electrons. The summed E-state index contributed by atoms with van der Waals surface area (Å²) in [5.74, 6) is 1.98. The first-order valence-corrected chi connectivity index (χ1v) is 7.43. The smallest absolute Gasteiger partial charge is 0.0899 e. The summed E-state index contributed by atoms with van der Waals surface area (Å²) in [6.45, 7) is 1.99. The van der Waals surface area contributed by atoms with E-state index in [2.05, 4.69) is 0 Å². The lowest BCUT2D eigenvalue weighted by molar-refractivity contribution is -0.0791. The highest BCUT2D eigenvalue weighted by Crippen LogP contribution is 2.51. The molecule has 0 aromatic heterocycles. The lowest BCUT2D eigenvalue weighted by Gasteiger charge is -2.48. The number of fused-ring (bicyclic) bond motifs is 3. The first-order chi connectivity index (χ1) is 8.57. The van der Waals surface area contributed by atoms with Crippen molar-refractivity contribution in [3.05, 3.63) is 34.9 Å². The Morgan fingerprint density at radius 1 is 1.11 bits per heavy atom. The van der Waals surface area contributed by atoms with Gasteiger partial charge in [0, 0.05) is 5.02 Å². The van der Waals surface area contributed by atoms with Crippen molar-refractivity contribution in [3.8, 4) is 0 Å².